The number of aromatic nitrogens is 1. The fourth-order valence-corrected chi connectivity index (χ4v) is 3.84. The molecule has 2 aromatic rings. The summed E-state index contributed by atoms with van der Waals surface area (Å²) in [4.78, 5) is 4.50. The van der Waals surface area contributed by atoms with Crippen molar-refractivity contribution in [3.05, 3.63) is 58.4 Å². The van der Waals surface area contributed by atoms with Crippen LogP contribution in [0.2, 0.25) is 5.02 Å². The van der Waals surface area contributed by atoms with Gasteiger partial charge in [0.15, 0.2) is 0 Å². The lowest BCUT2D eigenvalue weighted by Gasteiger charge is -2.15. The fourth-order valence-electron chi connectivity index (χ4n) is 2.24. The second kappa shape index (κ2) is 4.84. The first-order valence-corrected chi connectivity index (χ1v) is 7.99. The standard InChI is InChI=1S/C14H13ClN2O2S/c1-10-2-4-11(5-3-10)20(18,19)17-8-12-13(15)6-7-16-14(12)9-17/h2-7H,8-9H2,1H3. The molecule has 1 aromatic heterocycles. The second-order valence-corrected chi connectivity index (χ2v) is 7.15. The average Bonchev–Trinajstić information content (AvgIpc) is 2.85. The number of pyridine rings is 1. The first-order valence-electron chi connectivity index (χ1n) is 6.17. The minimum Gasteiger partial charge on any atom is -0.259 e. The molecule has 4 nitrogen and oxygen atoms in total. The van der Waals surface area contributed by atoms with Crippen molar-refractivity contribution in [2.45, 2.75) is 24.9 Å². The molecule has 0 bridgehead atoms. The molecule has 0 saturated heterocycles. The third-order valence-electron chi connectivity index (χ3n) is 3.41. The molecule has 0 aliphatic carbocycles. The van der Waals surface area contributed by atoms with Gasteiger partial charge in [-0.1, -0.05) is 29.3 Å². The van der Waals surface area contributed by atoms with Gasteiger partial charge in [0.1, 0.15) is 0 Å². The summed E-state index contributed by atoms with van der Waals surface area (Å²) in [6, 6.07) is 8.52. The first kappa shape index (κ1) is 13.5. The largest absolute Gasteiger partial charge is 0.259 e. The van der Waals surface area contributed by atoms with Crippen LogP contribution in [0.25, 0.3) is 0 Å². The van der Waals surface area contributed by atoms with E-state index in [0.717, 1.165) is 16.8 Å². The van der Waals surface area contributed by atoms with Crippen LogP contribution < -0.4 is 0 Å². The average molecular weight is 309 g/mol. The summed E-state index contributed by atoms with van der Waals surface area (Å²) < 4.78 is 26.6. The van der Waals surface area contributed by atoms with Crippen molar-refractivity contribution >= 4 is 21.6 Å². The van der Waals surface area contributed by atoms with Crippen LogP contribution in [0.15, 0.2) is 41.4 Å². The van der Waals surface area contributed by atoms with Crippen molar-refractivity contribution < 1.29 is 8.42 Å². The van der Waals surface area contributed by atoms with Gasteiger partial charge >= 0.3 is 0 Å². The molecule has 6 heteroatoms. The van der Waals surface area contributed by atoms with Crippen molar-refractivity contribution in [1.82, 2.24) is 9.29 Å². The predicted octanol–water partition coefficient (Wildman–Crippen LogP) is 2.75. The topological polar surface area (TPSA) is 50.3 Å². The van der Waals surface area contributed by atoms with Crippen LogP contribution in [-0.2, 0) is 23.1 Å². The van der Waals surface area contributed by atoms with Crippen molar-refractivity contribution in [3.63, 3.8) is 0 Å². The molecule has 1 aliphatic rings. The van der Waals surface area contributed by atoms with Gasteiger partial charge in [-0.15, -0.1) is 0 Å². The van der Waals surface area contributed by atoms with Crippen molar-refractivity contribution in [2.24, 2.45) is 0 Å². The quantitative estimate of drug-likeness (QED) is 0.857. The smallest absolute Gasteiger partial charge is 0.243 e. The molecule has 3 rings (SSSR count). The number of rotatable bonds is 2. The third kappa shape index (κ3) is 2.22. The van der Waals surface area contributed by atoms with E-state index in [1.165, 1.54) is 4.31 Å². The molecule has 0 saturated carbocycles. The van der Waals surface area contributed by atoms with Crippen LogP contribution in [-0.4, -0.2) is 17.7 Å². The normalized spacial score (nSPS) is 15.3. The molecule has 0 spiro atoms. The molecule has 0 fully saturated rings. The second-order valence-electron chi connectivity index (χ2n) is 4.80. The van der Waals surface area contributed by atoms with E-state index in [1.807, 2.05) is 6.92 Å². The zero-order chi connectivity index (χ0) is 14.3. The SMILES string of the molecule is Cc1ccc(S(=O)(=O)N2Cc3nccc(Cl)c3C2)cc1. The maximum atomic E-state index is 12.6. The summed E-state index contributed by atoms with van der Waals surface area (Å²) in [5.74, 6) is 0. The molecule has 2 heterocycles. The van der Waals surface area contributed by atoms with Crippen molar-refractivity contribution in [1.29, 1.82) is 0 Å². The van der Waals surface area contributed by atoms with Gasteiger partial charge in [0, 0.05) is 23.3 Å². The Kier molecular flexibility index (Phi) is 3.28. The molecule has 0 unspecified atom stereocenters. The number of hydrogen-bond acceptors (Lipinski definition) is 3. The number of halogens is 1. The maximum absolute atomic E-state index is 12.6. The van der Waals surface area contributed by atoms with Gasteiger partial charge in [-0.25, -0.2) is 8.42 Å². The van der Waals surface area contributed by atoms with E-state index in [0.29, 0.717) is 9.92 Å². The molecule has 0 amide bonds. The van der Waals surface area contributed by atoms with Crippen LogP contribution in [0, 0.1) is 6.92 Å². The Morgan fingerprint density at radius 1 is 1.15 bits per heavy atom. The minimum atomic E-state index is -3.51. The van der Waals surface area contributed by atoms with Gasteiger partial charge in [-0.05, 0) is 25.1 Å². The number of aryl methyl sites for hydroxylation is 1. The Bertz CT molecular complexity index is 757. The van der Waals surface area contributed by atoms with E-state index in [4.69, 9.17) is 11.6 Å². The van der Waals surface area contributed by atoms with Crippen LogP contribution in [0.5, 0.6) is 0 Å². The summed E-state index contributed by atoms with van der Waals surface area (Å²) in [6.07, 6.45) is 1.60. The molecule has 1 aliphatic heterocycles. The Balaban J connectivity index is 1.96. The number of fused-ring (bicyclic) bond motifs is 1. The molecule has 0 radical (unpaired) electrons. The highest BCUT2D eigenvalue weighted by molar-refractivity contribution is 7.89. The minimum absolute atomic E-state index is 0.270. The molecule has 104 valence electrons. The van der Waals surface area contributed by atoms with E-state index < -0.39 is 10.0 Å². The van der Waals surface area contributed by atoms with Crippen LogP contribution in [0.3, 0.4) is 0 Å². The van der Waals surface area contributed by atoms with E-state index in [1.54, 1.807) is 36.5 Å². The summed E-state index contributed by atoms with van der Waals surface area (Å²) in [6.45, 7) is 2.47. The third-order valence-corrected chi connectivity index (χ3v) is 5.57. The number of sulfonamides is 1. The van der Waals surface area contributed by atoms with E-state index in [9.17, 15) is 8.42 Å². The zero-order valence-corrected chi connectivity index (χ0v) is 12.4. The number of nitrogens with zero attached hydrogens (tertiary/aromatic N) is 2. The molecule has 0 atom stereocenters. The zero-order valence-electron chi connectivity index (χ0n) is 10.9. The van der Waals surface area contributed by atoms with E-state index in [2.05, 4.69) is 4.98 Å². The highest BCUT2D eigenvalue weighted by atomic mass is 35.5. The predicted molar refractivity (Wildman–Crippen MR) is 76.9 cm³/mol. The molecule has 1 aromatic carbocycles. The van der Waals surface area contributed by atoms with Gasteiger partial charge in [0.05, 0.1) is 17.1 Å². The van der Waals surface area contributed by atoms with Gasteiger partial charge in [0.2, 0.25) is 10.0 Å². The van der Waals surface area contributed by atoms with Crippen LogP contribution in [0.1, 0.15) is 16.8 Å². The van der Waals surface area contributed by atoms with E-state index in [-0.39, 0.29) is 13.1 Å². The Morgan fingerprint density at radius 3 is 2.50 bits per heavy atom. The number of benzene rings is 1. The monoisotopic (exact) mass is 308 g/mol. The molecular weight excluding hydrogens is 296 g/mol. The molecular formula is C14H13ClN2O2S. The van der Waals surface area contributed by atoms with Gasteiger partial charge in [0.25, 0.3) is 0 Å². The van der Waals surface area contributed by atoms with Crippen LogP contribution >= 0.6 is 11.6 Å². The lowest BCUT2D eigenvalue weighted by molar-refractivity contribution is 0.430. The highest BCUT2D eigenvalue weighted by Gasteiger charge is 2.32. The summed E-state index contributed by atoms with van der Waals surface area (Å²) >= 11 is 6.09. The van der Waals surface area contributed by atoms with Gasteiger partial charge < -0.3 is 0 Å². The first-order chi connectivity index (χ1) is 9.48. The van der Waals surface area contributed by atoms with Crippen LogP contribution in [0.4, 0.5) is 0 Å². The molecule has 20 heavy (non-hydrogen) atoms. The Labute approximate surface area is 123 Å². The molecule has 0 N–H and O–H groups in total. The van der Waals surface area contributed by atoms with E-state index >= 15 is 0 Å². The summed E-state index contributed by atoms with van der Waals surface area (Å²) in [5, 5.41) is 0.566. The lowest BCUT2D eigenvalue weighted by Crippen LogP contribution is -2.25. The lowest BCUT2D eigenvalue weighted by atomic mass is 10.2. The maximum Gasteiger partial charge on any atom is 0.243 e. The van der Waals surface area contributed by atoms with Gasteiger partial charge in [-0.3, -0.25) is 4.98 Å². The van der Waals surface area contributed by atoms with Gasteiger partial charge in [-0.2, -0.15) is 4.31 Å². The number of hydrogen-bond donors (Lipinski definition) is 0. The van der Waals surface area contributed by atoms with Crippen molar-refractivity contribution in [2.75, 3.05) is 0 Å². The summed E-state index contributed by atoms with van der Waals surface area (Å²) in [5.41, 5.74) is 2.55. The highest BCUT2D eigenvalue weighted by Crippen LogP contribution is 2.31. The van der Waals surface area contributed by atoms with Crippen molar-refractivity contribution in [3.8, 4) is 0 Å². The Hall–Kier alpha value is -1.43. The summed E-state index contributed by atoms with van der Waals surface area (Å²) in [7, 11) is -3.51. The Morgan fingerprint density at radius 2 is 1.85 bits per heavy atom. The fraction of sp³-hybridized carbons (Fsp3) is 0.214.